The second-order valence-corrected chi connectivity index (χ2v) is 5.23. The Kier molecular flexibility index (Phi) is 5.39. The van der Waals surface area contributed by atoms with Crippen molar-refractivity contribution in [3.63, 3.8) is 0 Å². The molecule has 1 saturated heterocycles. The molecule has 1 aliphatic heterocycles. The van der Waals surface area contributed by atoms with Crippen molar-refractivity contribution in [2.24, 2.45) is 0 Å². The normalized spacial score (nSPS) is 17.7. The number of nitrogens with zero attached hydrogens (tertiary/aromatic N) is 1. The van der Waals surface area contributed by atoms with E-state index in [0.29, 0.717) is 12.3 Å². The van der Waals surface area contributed by atoms with E-state index in [1.807, 2.05) is 0 Å². The van der Waals surface area contributed by atoms with Crippen LogP contribution in [0.25, 0.3) is 0 Å². The lowest BCUT2D eigenvalue weighted by Gasteiger charge is -2.26. The van der Waals surface area contributed by atoms with Crippen molar-refractivity contribution in [1.29, 1.82) is 0 Å². The predicted molar refractivity (Wildman–Crippen MR) is 71.2 cm³/mol. The van der Waals surface area contributed by atoms with Crippen molar-refractivity contribution in [2.45, 2.75) is 31.5 Å². The van der Waals surface area contributed by atoms with Gasteiger partial charge in [0.15, 0.2) is 0 Å². The van der Waals surface area contributed by atoms with Gasteiger partial charge in [-0.1, -0.05) is 18.2 Å². The standard InChI is InChI=1S/C15H17F5NO/c16-14(17,15(18,19)20)13-6-4-5-12(9-13)10-22-11-21-7-2-1-3-8-21/h1,4-6,9H,2-3,7-8,10-11H2. The second-order valence-electron chi connectivity index (χ2n) is 5.23. The zero-order valence-electron chi connectivity index (χ0n) is 11.9. The third-order valence-corrected chi connectivity index (χ3v) is 3.49. The smallest absolute Gasteiger partial charge is 0.361 e. The van der Waals surface area contributed by atoms with Crippen molar-refractivity contribution < 1.29 is 26.7 Å². The first-order valence-corrected chi connectivity index (χ1v) is 6.96. The summed E-state index contributed by atoms with van der Waals surface area (Å²) in [6.07, 6.45) is -1.48. The van der Waals surface area contributed by atoms with Crippen LogP contribution in [0, 0.1) is 6.42 Å². The van der Waals surface area contributed by atoms with E-state index in [-0.39, 0.29) is 6.61 Å². The number of likely N-dealkylation sites (tertiary alicyclic amines) is 1. The predicted octanol–water partition coefficient (Wildman–Crippen LogP) is 4.11. The zero-order chi connectivity index (χ0) is 16.2. The first kappa shape index (κ1) is 17.1. The van der Waals surface area contributed by atoms with E-state index in [1.54, 1.807) is 0 Å². The highest BCUT2D eigenvalue weighted by atomic mass is 19.4. The van der Waals surface area contributed by atoms with Gasteiger partial charge >= 0.3 is 12.1 Å². The van der Waals surface area contributed by atoms with Crippen LogP contribution in [0.1, 0.15) is 24.0 Å². The molecule has 1 fully saturated rings. The SMILES string of the molecule is FC(F)(F)C(F)(F)c1cccc(COCN2CC[CH]CC2)c1. The summed E-state index contributed by atoms with van der Waals surface area (Å²) in [7, 11) is 0. The van der Waals surface area contributed by atoms with Crippen LogP contribution in [0.15, 0.2) is 24.3 Å². The lowest BCUT2D eigenvalue weighted by molar-refractivity contribution is -0.289. The molecule has 1 radical (unpaired) electrons. The molecule has 0 aromatic heterocycles. The fourth-order valence-corrected chi connectivity index (χ4v) is 2.25. The molecule has 1 aromatic rings. The molecule has 1 aliphatic rings. The van der Waals surface area contributed by atoms with E-state index >= 15 is 0 Å². The molecule has 1 aromatic carbocycles. The number of benzene rings is 1. The molecule has 0 unspecified atom stereocenters. The summed E-state index contributed by atoms with van der Waals surface area (Å²) in [5.74, 6) is -4.86. The van der Waals surface area contributed by atoms with Gasteiger partial charge in [0.1, 0.15) is 0 Å². The van der Waals surface area contributed by atoms with Crippen molar-refractivity contribution in [3.05, 3.63) is 41.8 Å². The average Bonchev–Trinajstić information content (AvgIpc) is 2.47. The molecule has 2 nitrogen and oxygen atoms in total. The Morgan fingerprint density at radius 2 is 1.73 bits per heavy atom. The number of piperidine rings is 1. The van der Waals surface area contributed by atoms with Crippen LogP contribution in [-0.4, -0.2) is 30.9 Å². The van der Waals surface area contributed by atoms with Gasteiger partial charge in [-0.25, -0.2) is 0 Å². The van der Waals surface area contributed by atoms with Gasteiger partial charge in [0.2, 0.25) is 0 Å². The van der Waals surface area contributed by atoms with Gasteiger partial charge in [-0.05, 0) is 30.9 Å². The minimum atomic E-state index is -5.60. The molecule has 0 N–H and O–H groups in total. The molecule has 0 aliphatic carbocycles. The molecule has 1 heterocycles. The number of ether oxygens (including phenoxy) is 1. The summed E-state index contributed by atoms with van der Waals surface area (Å²) in [6.45, 7) is 2.08. The van der Waals surface area contributed by atoms with Gasteiger partial charge in [0.05, 0.1) is 13.3 Å². The summed E-state index contributed by atoms with van der Waals surface area (Å²) >= 11 is 0. The van der Waals surface area contributed by atoms with Crippen LogP contribution in [0.5, 0.6) is 0 Å². The van der Waals surface area contributed by atoms with Crippen molar-refractivity contribution in [2.75, 3.05) is 19.8 Å². The van der Waals surface area contributed by atoms with Crippen molar-refractivity contribution in [3.8, 4) is 0 Å². The lowest BCUT2D eigenvalue weighted by atomic mass is 10.1. The van der Waals surface area contributed by atoms with Crippen LogP contribution in [0.2, 0.25) is 0 Å². The van der Waals surface area contributed by atoms with Crippen LogP contribution < -0.4 is 0 Å². The van der Waals surface area contributed by atoms with Gasteiger partial charge in [-0.15, -0.1) is 0 Å². The molecule has 7 heteroatoms. The maximum atomic E-state index is 13.3. The quantitative estimate of drug-likeness (QED) is 0.756. The number of alkyl halides is 5. The monoisotopic (exact) mass is 322 g/mol. The minimum absolute atomic E-state index is 0.00198. The Bertz CT molecular complexity index is 483. The molecule has 123 valence electrons. The zero-order valence-corrected chi connectivity index (χ0v) is 11.9. The van der Waals surface area contributed by atoms with E-state index in [9.17, 15) is 22.0 Å². The Labute approximate surface area is 125 Å². The second kappa shape index (κ2) is 6.91. The molecule has 2 rings (SSSR count). The molecular weight excluding hydrogens is 305 g/mol. The number of hydrogen-bond donors (Lipinski definition) is 0. The molecule has 22 heavy (non-hydrogen) atoms. The average molecular weight is 322 g/mol. The topological polar surface area (TPSA) is 12.5 Å². The van der Waals surface area contributed by atoms with Gasteiger partial charge in [-0.2, -0.15) is 22.0 Å². The highest BCUT2D eigenvalue weighted by Crippen LogP contribution is 2.43. The largest absolute Gasteiger partial charge is 0.458 e. The molecule has 0 amide bonds. The van der Waals surface area contributed by atoms with Crippen LogP contribution in [0.4, 0.5) is 22.0 Å². The summed E-state index contributed by atoms with van der Waals surface area (Å²) in [6, 6.07) is 4.28. The summed E-state index contributed by atoms with van der Waals surface area (Å²) in [4.78, 5) is 2.06. The summed E-state index contributed by atoms with van der Waals surface area (Å²) < 4.78 is 69.0. The highest BCUT2D eigenvalue weighted by Gasteiger charge is 2.58. The van der Waals surface area contributed by atoms with E-state index in [1.165, 1.54) is 12.1 Å². The summed E-state index contributed by atoms with van der Waals surface area (Å²) in [5, 5.41) is 0. The third-order valence-electron chi connectivity index (χ3n) is 3.49. The fourth-order valence-electron chi connectivity index (χ4n) is 2.25. The van der Waals surface area contributed by atoms with Crippen LogP contribution >= 0.6 is 0 Å². The van der Waals surface area contributed by atoms with Gasteiger partial charge in [-0.3, -0.25) is 4.90 Å². The molecular formula is C15H17F5NO. The van der Waals surface area contributed by atoms with E-state index in [0.717, 1.165) is 38.1 Å². The van der Waals surface area contributed by atoms with Crippen LogP contribution in [-0.2, 0) is 17.3 Å². The van der Waals surface area contributed by atoms with Crippen LogP contribution in [0.3, 0.4) is 0 Å². The third kappa shape index (κ3) is 4.16. The Morgan fingerprint density at radius 1 is 1.05 bits per heavy atom. The number of halogens is 5. The Balaban J connectivity index is 1.94. The first-order chi connectivity index (χ1) is 10.3. The minimum Gasteiger partial charge on any atom is -0.361 e. The number of rotatable bonds is 5. The Morgan fingerprint density at radius 3 is 2.36 bits per heavy atom. The van der Waals surface area contributed by atoms with E-state index in [2.05, 4.69) is 11.3 Å². The molecule has 0 saturated carbocycles. The van der Waals surface area contributed by atoms with Gasteiger partial charge < -0.3 is 4.74 Å². The maximum Gasteiger partial charge on any atom is 0.458 e. The van der Waals surface area contributed by atoms with Crippen molar-refractivity contribution in [1.82, 2.24) is 4.90 Å². The molecule has 0 bridgehead atoms. The fraction of sp³-hybridized carbons (Fsp3) is 0.533. The first-order valence-electron chi connectivity index (χ1n) is 6.96. The summed E-state index contributed by atoms with van der Waals surface area (Å²) in [5.41, 5.74) is -0.765. The highest BCUT2D eigenvalue weighted by molar-refractivity contribution is 5.27. The van der Waals surface area contributed by atoms with Gasteiger partial charge in [0.25, 0.3) is 0 Å². The van der Waals surface area contributed by atoms with Crippen molar-refractivity contribution >= 4 is 0 Å². The van der Waals surface area contributed by atoms with E-state index in [4.69, 9.17) is 4.74 Å². The Hall–Kier alpha value is -1.21. The molecule has 0 spiro atoms. The van der Waals surface area contributed by atoms with E-state index < -0.39 is 17.7 Å². The van der Waals surface area contributed by atoms with Gasteiger partial charge in [0, 0.05) is 18.7 Å². The lowest BCUT2D eigenvalue weighted by Crippen LogP contribution is -2.33. The number of hydrogen-bond acceptors (Lipinski definition) is 2. The maximum absolute atomic E-state index is 13.3. The molecule has 0 atom stereocenters.